The van der Waals surface area contributed by atoms with Gasteiger partial charge in [0.15, 0.2) is 10.6 Å². The lowest BCUT2D eigenvalue weighted by Crippen LogP contribution is -2.37. The van der Waals surface area contributed by atoms with Gasteiger partial charge in [0.25, 0.3) is 0 Å². The Hall–Kier alpha value is -3.59. The zero-order chi connectivity index (χ0) is 24.2. The molecular formula is C25H28N4O4S. The number of ether oxygens (including phenoxy) is 3. The van der Waals surface area contributed by atoms with E-state index >= 15 is 0 Å². The number of H-pyrrole nitrogens is 1. The molecule has 3 aromatic rings. The molecule has 0 unspecified atom stereocenters. The lowest BCUT2D eigenvalue weighted by molar-refractivity contribution is -0.131. The molecule has 0 bridgehead atoms. The molecule has 0 atom stereocenters. The number of aromatic amines is 1. The fourth-order valence-corrected chi connectivity index (χ4v) is 4.35. The van der Waals surface area contributed by atoms with Crippen molar-refractivity contribution < 1.29 is 19.0 Å². The van der Waals surface area contributed by atoms with Crippen LogP contribution in [0.5, 0.6) is 17.2 Å². The summed E-state index contributed by atoms with van der Waals surface area (Å²) in [5.74, 6) is 2.65. The van der Waals surface area contributed by atoms with E-state index in [1.807, 2.05) is 54.3 Å². The third-order valence-corrected chi connectivity index (χ3v) is 6.24. The smallest absolute Gasteiger partial charge is 0.242 e. The molecule has 0 fully saturated rings. The number of carbonyl (C=O) groups is 1. The van der Waals surface area contributed by atoms with Gasteiger partial charge in [-0.05, 0) is 37.2 Å². The summed E-state index contributed by atoms with van der Waals surface area (Å²) in [5.41, 5.74) is 3.99. The molecule has 4 rings (SSSR count). The van der Waals surface area contributed by atoms with Gasteiger partial charge in [0, 0.05) is 30.8 Å². The monoisotopic (exact) mass is 480 g/mol. The van der Waals surface area contributed by atoms with Gasteiger partial charge in [-0.15, -0.1) is 0 Å². The summed E-state index contributed by atoms with van der Waals surface area (Å²) in [6, 6.07) is 11.6. The number of aromatic nitrogens is 3. The highest BCUT2D eigenvalue weighted by Crippen LogP contribution is 2.40. The molecular weight excluding hydrogens is 452 g/mol. The molecule has 1 aliphatic heterocycles. The molecule has 0 radical (unpaired) electrons. The molecule has 1 N–H and O–H groups in total. The Balaban J connectivity index is 1.54. The minimum atomic E-state index is -0.0182. The lowest BCUT2D eigenvalue weighted by atomic mass is 9.97. The second-order valence-electron chi connectivity index (χ2n) is 8.03. The molecule has 178 valence electrons. The Bertz CT molecular complexity index is 1270. The van der Waals surface area contributed by atoms with Crippen molar-refractivity contribution in [1.29, 1.82) is 0 Å². The Morgan fingerprint density at radius 3 is 2.44 bits per heavy atom. The summed E-state index contributed by atoms with van der Waals surface area (Å²) in [4.78, 5) is 15.0. The molecule has 1 aliphatic rings. The molecule has 2 heterocycles. The summed E-state index contributed by atoms with van der Waals surface area (Å²) in [5, 5.41) is 7.18. The molecule has 8 nitrogen and oxygen atoms in total. The van der Waals surface area contributed by atoms with E-state index in [4.69, 9.17) is 26.4 Å². The van der Waals surface area contributed by atoms with E-state index in [-0.39, 0.29) is 12.5 Å². The predicted molar refractivity (Wildman–Crippen MR) is 133 cm³/mol. The van der Waals surface area contributed by atoms with Gasteiger partial charge in [-0.1, -0.05) is 29.8 Å². The minimum Gasteiger partial charge on any atom is -0.496 e. The largest absolute Gasteiger partial charge is 0.496 e. The van der Waals surface area contributed by atoms with Crippen molar-refractivity contribution in [2.45, 2.75) is 19.9 Å². The van der Waals surface area contributed by atoms with E-state index in [2.05, 4.69) is 10.2 Å². The molecule has 0 saturated carbocycles. The fraction of sp³-hybridized carbons (Fsp3) is 0.320. The average molecular weight is 481 g/mol. The maximum atomic E-state index is 13.2. The number of rotatable bonds is 7. The number of methoxy groups -OCH3 is 3. The van der Waals surface area contributed by atoms with Gasteiger partial charge in [-0.25, -0.2) is 0 Å². The molecule has 0 aliphatic carbocycles. The van der Waals surface area contributed by atoms with Crippen LogP contribution in [-0.2, 0) is 11.3 Å². The standard InChI is InChI=1S/C25H28N4O4S/c1-16-6-5-7-18(12-16)24-26-27-25(34)29(24)15-22(30)28-10-8-17(9-11-28)23-20(32-3)13-19(31-2)14-21(23)33-4/h5-8,12-14H,9-11,15H2,1-4H3,(H,27,34). The predicted octanol–water partition coefficient (Wildman–Crippen LogP) is 4.26. The van der Waals surface area contributed by atoms with Crippen molar-refractivity contribution in [3.63, 3.8) is 0 Å². The van der Waals surface area contributed by atoms with Gasteiger partial charge in [0.1, 0.15) is 23.8 Å². The van der Waals surface area contributed by atoms with Gasteiger partial charge in [-0.3, -0.25) is 14.5 Å². The number of aryl methyl sites for hydroxylation is 1. The van der Waals surface area contributed by atoms with E-state index in [1.165, 1.54) is 0 Å². The SMILES string of the molecule is COc1cc(OC)c(C2=CCN(C(=O)Cn3c(-c4cccc(C)c4)n[nH]c3=S)CC2)c(OC)c1. The maximum Gasteiger partial charge on any atom is 0.242 e. The molecule has 34 heavy (non-hydrogen) atoms. The van der Waals surface area contributed by atoms with Crippen molar-refractivity contribution in [3.05, 3.63) is 58.4 Å². The van der Waals surface area contributed by atoms with Crippen LogP contribution in [0, 0.1) is 11.7 Å². The highest BCUT2D eigenvalue weighted by Gasteiger charge is 2.24. The first kappa shape index (κ1) is 23.6. The van der Waals surface area contributed by atoms with Gasteiger partial charge in [0.05, 0.1) is 26.9 Å². The van der Waals surface area contributed by atoms with Crippen LogP contribution in [0.15, 0.2) is 42.5 Å². The second-order valence-corrected chi connectivity index (χ2v) is 8.42. The number of hydrogen-bond acceptors (Lipinski definition) is 6. The first-order valence-electron chi connectivity index (χ1n) is 10.9. The topological polar surface area (TPSA) is 81.6 Å². The average Bonchev–Trinajstić information content (AvgIpc) is 3.22. The molecule has 0 spiro atoms. The van der Waals surface area contributed by atoms with Crippen LogP contribution in [0.1, 0.15) is 17.5 Å². The van der Waals surface area contributed by atoms with E-state index < -0.39 is 0 Å². The highest BCUT2D eigenvalue weighted by molar-refractivity contribution is 7.71. The molecule has 0 saturated heterocycles. The van der Waals surface area contributed by atoms with E-state index in [9.17, 15) is 4.79 Å². The Kier molecular flexibility index (Phi) is 7.02. The highest BCUT2D eigenvalue weighted by atomic mass is 32.1. The molecule has 9 heteroatoms. The first-order valence-corrected chi connectivity index (χ1v) is 11.4. The summed E-state index contributed by atoms with van der Waals surface area (Å²) in [7, 11) is 4.85. The van der Waals surface area contributed by atoms with Gasteiger partial charge in [-0.2, -0.15) is 5.10 Å². The molecule has 1 aromatic heterocycles. The Labute approximate surface area is 203 Å². The van der Waals surface area contributed by atoms with Crippen molar-refractivity contribution in [2.24, 2.45) is 0 Å². The first-order chi connectivity index (χ1) is 16.4. The van der Waals surface area contributed by atoms with Gasteiger partial charge < -0.3 is 19.1 Å². The van der Waals surface area contributed by atoms with Crippen LogP contribution in [0.2, 0.25) is 0 Å². The third kappa shape index (κ3) is 4.70. The zero-order valence-electron chi connectivity index (χ0n) is 19.8. The normalized spacial score (nSPS) is 13.4. The van der Waals surface area contributed by atoms with Crippen LogP contribution in [0.25, 0.3) is 17.0 Å². The second kappa shape index (κ2) is 10.1. The molecule has 2 aromatic carbocycles. The zero-order valence-corrected chi connectivity index (χ0v) is 20.6. The van der Waals surface area contributed by atoms with Crippen molar-refractivity contribution in [1.82, 2.24) is 19.7 Å². The van der Waals surface area contributed by atoms with Crippen molar-refractivity contribution >= 4 is 23.7 Å². The fourth-order valence-electron chi connectivity index (χ4n) is 4.15. The van der Waals surface area contributed by atoms with Crippen LogP contribution < -0.4 is 14.2 Å². The van der Waals surface area contributed by atoms with E-state index in [0.29, 0.717) is 47.4 Å². The summed E-state index contributed by atoms with van der Waals surface area (Å²) < 4.78 is 18.7. The maximum absolute atomic E-state index is 13.2. The number of nitrogens with zero attached hydrogens (tertiary/aromatic N) is 3. The van der Waals surface area contributed by atoms with Crippen LogP contribution >= 0.6 is 12.2 Å². The summed E-state index contributed by atoms with van der Waals surface area (Å²) in [6.07, 6.45) is 2.72. The Morgan fingerprint density at radius 1 is 1.12 bits per heavy atom. The van der Waals surface area contributed by atoms with E-state index in [1.54, 1.807) is 25.9 Å². The minimum absolute atomic E-state index is 0.0182. The summed E-state index contributed by atoms with van der Waals surface area (Å²) in [6.45, 7) is 3.20. The van der Waals surface area contributed by atoms with Gasteiger partial charge in [0.2, 0.25) is 5.91 Å². The van der Waals surface area contributed by atoms with Crippen LogP contribution in [0.4, 0.5) is 0 Å². The third-order valence-electron chi connectivity index (χ3n) is 5.93. The van der Waals surface area contributed by atoms with Crippen LogP contribution in [0.3, 0.4) is 0 Å². The van der Waals surface area contributed by atoms with Crippen LogP contribution in [-0.4, -0.2) is 60.0 Å². The number of hydrogen-bond donors (Lipinski definition) is 1. The quantitative estimate of drug-likeness (QED) is 0.509. The lowest BCUT2D eigenvalue weighted by Gasteiger charge is -2.28. The number of carbonyl (C=O) groups excluding carboxylic acids is 1. The summed E-state index contributed by atoms with van der Waals surface area (Å²) >= 11 is 5.41. The van der Waals surface area contributed by atoms with Crippen molar-refractivity contribution in [2.75, 3.05) is 34.4 Å². The number of nitrogens with one attached hydrogen (secondary N) is 1. The van der Waals surface area contributed by atoms with Crippen molar-refractivity contribution in [3.8, 4) is 28.6 Å². The Morgan fingerprint density at radius 2 is 1.85 bits per heavy atom. The van der Waals surface area contributed by atoms with Gasteiger partial charge >= 0.3 is 0 Å². The van der Waals surface area contributed by atoms with E-state index in [0.717, 1.165) is 22.3 Å². The number of benzene rings is 2. The number of amides is 1. The molecule has 1 amide bonds.